The van der Waals surface area contributed by atoms with Crippen molar-refractivity contribution >= 4 is 21.7 Å². The normalized spacial score (nSPS) is 10.4. The summed E-state index contributed by atoms with van der Waals surface area (Å²) in [6.45, 7) is 0.820. The number of hydrogen-bond acceptors (Lipinski definition) is 3. The highest BCUT2D eigenvalue weighted by molar-refractivity contribution is 9.10. The minimum absolute atomic E-state index is 0.0478. The van der Waals surface area contributed by atoms with Crippen molar-refractivity contribution in [2.75, 3.05) is 19.8 Å². The fourth-order valence-electron chi connectivity index (χ4n) is 1.20. The number of ether oxygens (including phenoxy) is 1. The Morgan fingerprint density at radius 3 is 2.88 bits per heavy atom. The lowest BCUT2D eigenvalue weighted by Gasteiger charge is -2.03. The summed E-state index contributed by atoms with van der Waals surface area (Å²) in [5.74, 6) is -0.387. The van der Waals surface area contributed by atoms with Gasteiger partial charge in [-0.3, -0.25) is 4.79 Å². The molecule has 0 aromatic heterocycles. The van der Waals surface area contributed by atoms with E-state index in [-0.39, 0.29) is 24.6 Å². The van der Waals surface area contributed by atoms with Gasteiger partial charge in [0.25, 0.3) is 0 Å². The lowest BCUT2D eigenvalue weighted by molar-refractivity contribution is -0.122. The Balaban J connectivity index is 2.46. The fourth-order valence-corrected chi connectivity index (χ4v) is 1.62. The number of ketones is 1. The van der Waals surface area contributed by atoms with Gasteiger partial charge in [-0.05, 0) is 33.6 Å². The fraction of sp³-hybridized carbons (Fsp3) is 0.364. The molecule has 1 aromatic rings. The minimum atomic E-state index is -0.337. The van der Waals surface area contributed by atoms with E-state index in [0.29, 0.717) is 17.6 Å². The van der Waals surface area contributed by atoms with Crippen molar-refractivity contribution in [3.8, 4) is 0 Å². The van der Waals surface area contributed by atoms with Crippen LogP contribution in [-0.2, 0) is 16.0 Å². The van der Waals surface area contributed by atoms with E-state index in [4.69, 9.17) is 10.5 Å². The van der Waals surface area contributed by atoms with Crippen LogP contribution in [0, 0.1) is 5.82 Å². The van der Waals surface area contributed by atoms with Gasteiger partial charge in [0, 0.05) is 13.0 Å². The Hall–Kier alpha value is -0.780. The summed E-state index contributed by atoms with van der Waals surface area (Å²) in [5.41, 5.74) is 5.98. The predicted octanol–water partition coefficient (Wildman–Crippen LogP) is 1.68. The zero-order valence-electron chi connectivity index (χ0n) is 8.71. The number of benzene rings is 1. The number of halogens is 2. The Kier molecular flexibility index (Phi) is 5.59. The van der Waals surface area contributed by atoms with E-state index in [9.17, 15) is 9.18 Å². The maximum atomic E-state index is 12.9. The maximum absolute atomic E-state index is 12.9. The van der Waals surface area contributed by atoms with Crippen molar-refractivity contribution in [2.24, 2.45) is 5.73 Å². The number of carbonyl (C=O) groups excluding carboxylic acids is 1. The third-order valence-corrected chi connectivity index (χ3v) is 2.52. The van der Waals surface area contributed by atoms with Gasteiger partial charge in [-0.2, -0.15) is 0 Å². The highest BCUT2D eigenvalue weighted by atomic mass is 79.9. The molecule has 0 amide bonds. The first-order chi connectivity index (χ1) is 7.63. The van der Waals surface area contributed by atoms with Crippen LogP contribution in [0.15, 0.2) is 22.7 Å². The maximum Gasteiger partial charge on any atom is 0.162 e. The average molecular weight is 290 g/mol. The Bertz CT molecular complexity index is 371. The van der Waals surface area contributed by atoms with Crippen molar-refractivity contribution < 1.29 is 13.9 Å². The molecule has 0 unspecified atom stereocenters. The molecule has 0 radical (unpaired) electrons. The molecule has 16 heavy (non-hydrogen) atoms. The number of hydrogen-bond donors (Lipinski definition) is 1. The van der Waals surface area contributed by atoms with Crippen LogP contribution in [-0.4, -0.2) is 25.5 Å². The van der Waals surface area contributed by atoms with E-state index in [0.717, 1.165) is 5.56 Å². The lowest BCUT2D eigenvalue weighted by atomic mass is 10.1. The summed E-state index contributed by atoms with van der Waals surface area (Å²) < 4.78 is 18.3. The molecule has 0 atom stereocenters. The Morgan fingerprint density at radius 2 is 2.25 bits per heavy atom. The van der Waals surface area contributed by atoms with Crippen molar-refractivity contribution in [1.29, 1.82) is 0 Å². The standard InChI is InChI=1S/C11H13BrFNO2/c12-10-6-8(1-2-11(10)13)5-9(15)7-16-4-3-14/h1-2,6H,3-5,7,14H2. The lowest BCUT2D eigenvalue weighted by Crippen LogP contribution is -2.16. The number of rotatable bonds is 6. The molecule has 0 spiro atoms. The molecule has 0 aliphatic carbocycles. The second-order valence-electron chi connectivity index (χ2n) is 3.31. The van der Waals surface area contributed by atoms with E-state index in [1.165, 1.54) is 6.07 Å². The van der Waals surface area contributed by atoms with E-state index >= 15 is 0 Å². The van der Waals surface area contributed by atoms with Crippen LogP contribution < -0.4 is 5.73 Å². The summed E-state index contributed by atoms with van der Waals surface area (Å²) in [6, 6.07) is 4.50. The van der Waals surface area contributed by atoms with Gasteiger partial charge in [0.15, 0.2) is 5.78 Å². The molecule has 1 rings (SSSR count). The van der Waals surface area contributed by atoms with Crippen LogP contribution in [0.5, 0.6) is 0 Å². The zero-order chi connectivity index (χ0) is 12.0. The van der Waals surface area contributed by atoms with E-state index in [1.54, 1.807) is 12.1 Å². The molecule has 0 aliphatic rings. The van der Waals surface area contributed by atoms with Gasteiger partial charge in [0.05, 0.1) is 11.1 Å². The highest BCUT2D eigenvalue weighted by Crippen LogP contribution is 2.17. The van der Waals surface area contributed by atoms with E-state index < -0.39 is 0 Å². The van der Waals surface area contributed by atoms with E-state index in [2.05, 4.69) is 15.9 Å². The monoisotopic (exact) mass is 289 g/mol. The first-order valence-electron chi connectivity index (χ1n) is 4.87. The van der Waals surface area contributed by atoms with Gasteiger partial charge in [-0.15, -0.1) is 0 Å². The van der Waals surface area contributed by atoms with Crippen LogP contribution in [0.2, 0.25) is 0 Å². The smallest absolute Gasteiger partial charge is 0.162 e. The molecule has 0 saturated heterocycles. The summed E-state index contributed by atoms with van der Waals surface area (Å²) in [6.07, 6.45) is 0.240. The summed E-state index contributed by atoms with van der Waals surface area (Å²) in [4.78, 5) is 11.4. The molecule has 2 N–H and O–H groups in total. The molecular weight excluding hydrogens is 277 g/mol. The van der Waals surface area contributed by atoms with Gasteiger partial charge in [0.1, 0.15) is 12.4 Å². The van der Waals surface area contributed by atoms with Crippen LogP contribution in [0.1, 0.15) is 5.56 Å². The van der Waals surface area contributed by atoms with Crippen LogP contribution in [0.25, 0.3) is 0 Å². The van der Waals surface area contributed by atoms with Gasteiger partial charge >= 0.3 is 0 Å². The summed E-state index contributed by atoms with van der Waals surface area (Å²) in [5, 5.41) is 0. The first kappa shape index (κ1) is 13.3. The molecule has 0 fully saturated rings. The molecule has 0 aliphatic heterocycles. The molecule has 1 aromatic carbocycles. The number of nitrogens with two attached hydrogens (primary N) is 1. The van der Waals surface area contributed by atoms with Gasteiger partial charge in [0.2, 0.25) is 0 Å². The number of carbonyl (C=O) groups is 1. The Morgan fingerprint density at radius 1 is 1.50 bits per heavy atom. The molecule has 88 valence electrons. The Labute approximate surface area is 102 Å². The van der Waals surface area contributed by atoms with E-state index in [1.807, 2.05) is 0 Å². The molecular formula is C11H13BrFNO2. The molecule has 0 saturated carbocycles. The second kappa shape index (κ2) is 6.73. The topological polar surface area (TPSA) is 52.3 Å². The van der Waals surface area contributed by atoms with Gasteiger partial charge in [-0.25, -0.2) is 4.39 Å². The van der Waals surface area contributed by atoms with Gasteiger partial charge < -0.3 is 10.5 Å². The minimum Gasteiger partial charge on any atom is -0.372 e. The van der Waals surface area contributed by atoms with Crippen molar-refractivity contribution in [1.82, 2.24) is 0 Å². The second-order valence-corrected chi connectivity index (χ2v) is 4.16. The molecule has 0 heterocycles. The van der Waals surface area contributed by atoms with Crippen LogP contribution in [0.4, 0.5) is 4.39 Å². The number of Topliss-reactive ketones (excluding diaryl/α,β-unsaturated/α-hetero) is 1. The first-order valence-corrected chi connectivity index (χ1v) is 5.66. The van der Waals surface area contributed by atoms with Crippen LogP contribution >= 0.6 is 15.9 Å². The molecule has 5 heteroatoms. The molecule has 3 nitrogen and oxygen atoms in total. The van der Waals surface area contributed by atoms with Crippen molar-refractivity contribution in [3.63, 3.8) is 0 Å². The summed E-state index contributed by atoms with van der Waals surface area (Å²) in [7, 11) is 0. The highest BCUT2D eigenvalue weighted by Gasteiger charge is 2.06. The van der Waals surface area contributed by atoms with Crippen molar-refractivity contribution in [2.45, 2.75) is 6.42 Å². The SMILES string of the molecule is NCCOCC(=O)Cc1ccc(F)c(Br)c1. The third-order valence-electron chi connectivity index (χ3n) is 1.91. The molecule has 0 bridgehead atoms. The van der Waals surface area contributed by atoms with Gasteiger partial charge in [-0.1, -0.05) is 6.07 Å². The largest absolute Gasteiger partial charge is 0.372 e. The zero-order valence-corrected chi connectivity index (χ0v) is 10.3. The summed E-state index contributed by atoms with van der Waals surface area (Å²) >= 11 is 3.07. The van der Waals surface area contributed by atoms with Crippen LogP contribution in [0.3, 0.4) is 0 Å². The average Bonchev–Trinajstić information content (AvgIpc) is 2.24. The third kappa shape index (κ3) is 4.38. The van der Waals surface area contributed by atoms with Crippen molar-refractivity contribution in [3.05, 3.63) is 34.1 Å². The quantitative estimate of drug-likeness (QED) is 0.811. The predicted molar refractivity (Wildman–Crippen MR) is 62.7 cm³/mol.